The molecule has 0 aliphatic carbocycles. The molecule has 5 heterocycles. The molecule has 3 unspecified atom stereocenters. The van der Waals surface area contributed by atoms with Gasteiger partial charge in [-0.1, -0.05) is 0 Å². The Balaban J connectivity index is 1.34. The second kappa shape index (κ2) is 14.8. The highest BCUT2D eigenvalue weighted by Crippen LogP contribution is 2.63. The van der Waals surface area contributed by atoms with Gasteiger partial charge in [-0.3, -0.25) is 28.0 Å². The van der Waals surface area contributed by atoms with Crippen molar-refractivity contribution in [3.8, 4) is 0 Å². The summed E-state index contributed by atoms with van der Waals surface area (Å²) in [6.07, 6.45) is -4.83. The molecule has 2 saturated heterocycles. The van der Waals surface area contributed by atoms with Gasteiger partial charge in [-0.2, -0.15) is 0 Å². The maximum absolute atomic E-state index is 14.2. The smallest absolute Gasteiger partial charge is 0.432 e. The standard InChI is InChI=1S/C26H35N6O13PS/c1-13(2)42-26(37)40-12-47-46(38,45-21-16(9-33)44-24(22(21)39-3)31-7-5-18(35)30-25(31)36)41-10-17-15(34)8-19(43-17)32-11-29-20-14(27)4-6-28-23(20)32/h4-7,11,13,15-17,19,21-22,24,33-34H,8-10,12H2,1-3H3,(H2,27,28)(H,30,35,36)/t15?,16-,17-,19-,21?,22+,24-,46?/m1/s1. The molecule has 0 aromatic carbocycles. The van der Waals surface area contributed by atoms with E-state index < -0.39 is 92.4 Å². The Morgan fingerprint density at radius 1 is 1.21 bits per heavy atom. The molecule has 2 fully saturated rings. The number of aromatic amines is 1. The summed E-state index contributed by atoms with van der Waals surface area (Å²) in [6.45, 7) is -2.23. The van der Waals surface area contributed by atoms with Gasteiger partial charge in [-0.15, -0.1) is 0 Å². The molecule has 0 bridgehead atoms. The van der Waals surface area contributed by atoms with E-state index in [1.54, 1.807) is 24.5 Å². The third-order valence-corrected chi connectivity index (χ3v) is 10.6. The van der Waals surface area contributed by atoms with Crippen molar-refractivity contribution in [1.29, 1.82) is 0 Å². The molecule has 0 saturated carbocycles. The molecule has 0 amide bonds. The van der Waals surface area contributed by atoms with Crippen molar-refractivity contribution >= 4 is 41.2 Å². The van der Waals surface area contributed by atoms with E-state index in [2.05, 4.69) is 15.0 Å². The molecule has 3 aromatic heterocycles. The molecule has 8 atom stereocenters. The molecular formula is C26H35N6O13PS. The van der Waals surface area contributed by atoms with Gasteiger partial charge in [0.15, 0.2) is 17.8 Å². The molecule has 258 valence electrons. The number of nitrogen functional groups attached to an aromatic ring is 1. The van der Waals surface area contributed by atoms with Gasteiger partial charge in [0.2, 0.25) is 0 Å². The topological polar surface area (TPSA) is 251 Å². The Bertz CT molecular complexity index is 1720. The van der Waals surface area contributed by atoms with Crippen molar-refractivity contribution in [2.75, 3.05) is 32.0 Å². The first kappa shape index (κ1) is 35.0. The van der Waals surface area contributed by atoms with Gasteiger partial charge in [0.05, 0.1) is 37.4 Å². The number of nitrogens with one attached hydrogen (secondary N) is 1. The third-order valence-electron chi connectivity index (χ3n) is 7.24. The van der Waals surface area contributed by atoms with Crippen LogP contribution in [0.1, 0.15) is 32.7 Å². The molecule has 21 heteroatoms. The number of hydrogen-bond acceptors (Lipinski definition) is 17. The van der Waals surface area contributed by atoms with Crippen LogP contribution in [0.3, 0.4) is 0 Å². The van der Waals surface area contributed by atoms with Crippen molar-refractivity contribution < 1.29 is 52.3 Å². The van der Waals surface area contributed by atoms with Crippen LogP contribution < -0.4 is 17.0 Å². The summed E-state index contributed by atoms with van der Waals surface area (Å²) in [5.41, 5.74) is 5.84. The van der Waals surface area contributed by atoms with Crippen molar-refractivity contribution in [2.24, 2.45) is 0 Å². The number of hydrogen-bond donors (Lipinski definition) is 4. The number of H-pyrrole nitrogens is 1. The van der Waals surface area contributed by atoms with Gasteiger partial charge in [-0.05, 0) is 19.9 Å². The SMILES string of the molecule is CO[C@H]1C(OP(=O)(OC[C@H]2O[C@@H](n3cnc4c(N)ccnc43)CC2O)SCOC(=O)OC(C)C)[C@@H](CO)O[C@H]1n1ccc(=O)[nH]c1=O. The van der Waals surface area contributed by atoms with Crippen molar-refractivity contribution in [1.82, 2.24) is 24.1 Å². The number of ether oxygens (including phenoxy) is 5. The quantitative estimate of drug-likeness (QED) is 0.110. The molecule has 0 spiro atoms. The monoisotopic (exact) mass is 702 g/mol. The highest BCUT2D eigenvalue weighted by Gasteiger charge is 2.51. The number of aliphatic hydroxyl groups is 2. The first-order chi connectivity index (χ1) is 22.4. The zero-order valence-electron chi connectivity index (χ0n) is 25.4. The number of rotatable bonds is 13. The second-order valence-corrected chi connectivity index (χ2v) is 14.7. The minimum atomic E-state index is -4.37. The van der Waals surface area contributed by atoms with Crippen LogP contribution >= 0.6 is 18.2 Å². The van der Waals surface area contributed by atoms with E-state index in [0.29, 0.717) is 28.2 Å². The summed E-state index contributed by atoms with van der Waals surface area (Å²) in [7, 11) is 1.28. The lowest BCUT2D eigenvalue weighted by molar-refractivity contribution is -0.0625. The van der Waals surface area contributed by atoms with E-state index >= 15 is 0 Å². The van der Waals surface area contributed by atoms with Gasteiger partial charge in [0.1, 0.15) is 36.2 Å². The maximum atomic E-state index is 14.2. The number of nitrogens with two attached hydrogens (primary N) is 1. The van der Waals surface area contributed by atoms with Crippen LogP contribution in [0.15, 0.2) is 40.4 Å². The van der Waals surface area contributed by atoms with Crippen LogP contribution in [0, 0.1) is 0 Å². The average molecular weight is 703 g/mol. The lowest BCUT2D eigenvalue weighted by atomic mass is 10.1. The van der Waals surface area contributed by atoms with E-state index in [9.17, 15) is 29.2 Å². The predicted octanol–water partition coefficient (Wildman–Crippen LogP) is 0.879. The number of aromatic nitrogens is 5. The number of anilines is 1. The first-order valence-electron chi connectivity index (χ1n) is 14.3. The second-order valence-electron chi connectivity index (χ2n) is 10.7. The molecule has 47 heavy (non-hydrogen) atoms. The van der Waals surface area contributed by atoms with Crippen molar-refractivity contribution in [2.45, 2.75) is 69.3 Å². The van der Waals surface area contributed by atoms with Gasteiger partial charge >= 0.3 is 18.6 Å². The molecule has 2 aliphatic rings. The van der Waals surface area contributed by atoms with Crippen LogP contribution in [0.5, 0.6) is 0 Å². The predicted molar refractivity (Wildman–Crippen MR) is 163 cm³/mol. The summed E-state index contributed by atoms with van der Waals surface area (Å²) >= 11 is 0.483. The Morgan fingerprint density at radius 2 is 2.00 bits per heavy atom. The average Bonchev–Trinajstić information content (AvgIpc) is 3.71. The number of carbonyl (C=O) groups excluding carboxylic acids is 1. The number of nitrogens with zero attached hydrogens (tertiary/aromatic N) is 4. The molecule has 5 rings (SSSR count). The number of aliphatic hydroxyl groups excluding tert-OH is 2. The summed E-state index contributed by atoms with van der Waals surface area (Å²) < 4.78 is 55.9. The highest BCUT2D eigenvalue weighted by atomic mass is 32.7. The van der Waals surface area contributed by atoms with Crippen molar-refractivity contribution in [3.05, 3.63) is 51.7 Å². The van der Waals surface area contributed by atoms with E-state index in [1.165, 1.54) is 25.8 Å². The minimum Gasteiger partial charge on any atom is -0.432 e. The number of methoxy groups -OCH3 is 1. The van der Waals surface area contributed by atoms with Gasteiger partial charge in [0, 0.05) is 43.4 Å². The Kier molecular flexibility index (Phi) is 11.0. The lowest BCUT2D eigenvalue weighted by Crippen LogP contribution is -2.39. The number of carbonyl (C=O) groups is 1. The number of imidazole rings is 1. The van der Waals surface area contributed by atoms with E-state index in [-0.39, 0.29) is 6.42 Å². The van der Waals surface area contributed by atoms with Crippen LogP contribution in [0.2, 0.25) is 0 Å². The maximum Gasteiger partial charge on any atom is 0.509 e. The van der Waals surface area contributed by atoms with Gasteiger partial charge in [-0.25, -0.2) is 24.1 Å². The van der Waals surface area contributed by atoms with E-state index in [4.69, 9.17) is 38.5 Å². The van der Waals surface area contributed by atoms with E-state index in [1.807, 2.05) is 0 Å². The lowest BCUT2D eigenvalue weighted by Gasteiger charge is -2.28. The normalized spacial score (nSPS) is 27.3. The zero-order valence-corrected chi connectivity index (χ0v) is 27.2. The molecule has 19 nitrogen and oxygen atoms in total. The molecule has 2 aliphatic heterocycles. The van der Waals surface area contributed by atoms with Crippen LogP contribution in [0.25, 0.3) is 11.2 Å². The zero-order chi connectivity index (χ0) is 33.9. The summed E-state index contributed by atoms with van der Waals surface area (Å²) in [4.78, 5) is 46.8. The summed E-state index contributed by atoms with van der Waals surface area (Å²) in [5, 5.41) is 20.9. The Morgan fingerprint density at radius 3 is 2.70 bits per heavy atom. The number of fused-ring (bicyclic) bond motifs is 1. The van der Waals surface area contributed by atoms with Crippen LogP contribution in [-0.2, 0) is 37.3 Å². The first-order valence-corrected chi connectivity index (χ1v) is 17.5. The molecular weight excluding hydrogens is 667 g/mol. The highest BCUT2D eigenvalue weighted by molar-refractivity contribution is 8.55. The fraction of sp³-hybridized carbons (Fsp3) is 0.577. The van der Waals surface area contributed by atoms with E-state index in [0.717, 1.165) is 10.6 Å². The summed E-state index contributed by atoms with van der Waals surface area (Å²) in [5.74, 6) is -0.536. The minimum absolute atomic E-state index is 0.114. The van der Waals surface area contributed by atoms with Gasteiger partial charge < -0.3 is 39.6 Å². The summed E-state index contributed by atoms with van der Waals surface area (Å²) in [6, 6.07) is 2.70. The van der Waals surface area contributed by atoms with Crippen LogP contribution in [-0.4, -0.2) is 103 Å². The van der Waals surface area contributed by atoms with Gasteiger partial charge in [0.25, 0.3) is 5.56 Å². The van der Waals surface area contributed by atoms with Crippen molar-refractivity contribution in [3.63, 3.8) is 0 Å². The fourth-order valence-corrected chi connectivity index (χ4v) is 7.85. The molecule has 0 radical (unpaired) electrons. The molecule has 3 aromatic rings. The Hall–Kier alpha value is -3.33. The fourth-order valence-electron chi connectivity index (χ4n) is 5.06. The largest absolute Gasteiger partial charge is 0.509 e. The Labute approximate surface area is 270 Å². The number of pyridine rings is 1. The molecule has 5 N–H and O–H groups in total. The third kappa shape index (κ3) is 7.87. The van der Waals surface area contributed by atoms with Crippen LogP contribution in [0.4, 0.5) is 10.5 Å².